The molecule has 6 rings (SSSR count). The smallest absolute Gasteiger partial charge is 0.289 e. The molecule has 0 radical (unpaired) electrons. The summed E-state index contributed by atoms with van der Waals surface area (Å²) in [5.41, 5.74) is 0.471. The zero-order chi connectivity index (χ0) is 36.8. The molecule has 2 aliphatic carbocycles. The summed E-state index contributed by atoms with van der Waals surface area (Å²) in [7, 11) is 0. The summed E-state index contributed by atoms with van der Waals surface area (Å²) < 4.78 is 15.0. The maximum absolute atomic E-state index is 15.0. The van der Waals surface area contributed by atoms with E-state index in [0.29, 0.717) is 17.2 Å². The van der Waals surface area contributed by atoms with Crippen molar-refractivity contribution in [2.75, 3.05) is 6.54 Å². The molecule has 0 bridgehead atoms. The van der Waals surface area contributed by atoms with Crippen LogP contribution in [-0.2, 0) is 35.2 Å². The van der Waals surface area contributed by atoms with Crippen molar-refractivity contribution < 1.29 is 33.2 Å². The van der Waals surface area contributed by atoms with Gasteiger partial charge in [0, 0.05) is 42.3 Å². The number of hydrogen-bond acceptors (Lipinski definition) is 7. The van der Waals surface area contributed by atoms with Crippen LogP contribution < -0.4 is 16.0 Å². The van der Waals surface area contributed by atoms with Crippen LogP contribution >= 0.6 is 11.6 Å². The SMILES string of the molecule is CCC[C@H](NC(=O)[C@@H]1C[C@]2(CC(c3cccc(Cl)c3)=NO2)CN1C(=O)[C@H](Cc1ccccc1F)NC(=O)CC1CCCCC1)C(=O)C(=O)NC1CC1. The molecule has 2 heterocycles. The number of halogens is 2. The zero-order valence-corrected chi connectivity index (χ0v) is 30.3. The van der Waals surface area contributed by atoms with E-state index in [1.807, 2.05) is 13.0 Å². The highest BCUT2D eigenvalue weighted by Gasteiger charge is 2.55. The summed E-state index contributed by atoms with van der Waals surface area (Å²) in [6.07, 6.45) is 7.83. The van der Waals surface area contributed by atoms with Crippen molar-refractivity contribution in [2.24, 2.45) is 11.1 Å². The summed E-state index contributed by atoms with van der Waals surface area (Å²) in [5, 5.41) is 13.2. The maximum Gasteiger partial charge on any atom is 0.289 e. The third-order valence-corrected chi connectivity index (χ3v) is 10.8. The van der Waals surface area contributed by atoms with Gasteiger partial charge in [-0.3, -0.25) is 24.0 Å². The molecular weight excluding hydrogens is 689 g/mol. The molecule has 3 N–H and O–H groups in total. The van der Waals surface area contributed by atoms with Crippen LogP contribution in [0.1, 0.15) is 95.1 Å². The number of rotatable bonds is 14. The Morgan fingerprint density at radius 1 is 1.00 bits per heavy atom. The molecule has 52 heavy (non-hydrogen) atoms. The second kappa shape index (κ2) is 16.6. The Bertz CT molecular complexity index is 1710. The fourth-order valence-electron chi connectivity index (χ4n) is 7.61. The summed E-state index contributed by atoms with van der Waals surface area (Å²) in [4.78, 5) is 75.7. The molecule has 4 amide bonds. The fraction of sp³-hybridized carbons (Fsp3) is 0.538. The van der Waals surface area contributed by atoms with E-state index in [9.17, 15) is 24.0 Å². The van der Waals surface area contributed by atoms with Gasteiger partial charge in [-0.05, 0) is 61.8 Å². The molecule has 4 atom stereocenters. The lowest BCUT2D eigenvalue weighted by atomic mass is 9.86. The molecule has 13 heteroatoms. The predicted octanol–water partition coefficient (Wildman–Crippen LogP) is 4.77. The van der Waals surface area contributed by atoms with Crippen molar-refractivity contribution in [3.8, 4) is 0 Å². The minimum Gasteiger partial charge on any atom is -0.387 e. The van der Waals surface area contributed by atoms with E-state index in [4.69, 9.17) is 16.4 Å². The molecule has 4 aliphatic rings. The average Bonchev–Trinajstić information content (AvgIpc) is 3.73. The Morgan fingerprint density at radius 2 is 1.77 bits per heavy atom. The maximum atomic E-state index is 15.0. The number of hydrogen-bond donors (Lipinski definition) is 3. The predicted molar refractivity (Wildman–Crippen MR) is 193 cm³/mol. The molecule has 0 aromatic heterocycles. The van der Waals surface area contributed by atoms with Gasteiger partial charge in [-0.15, -0.1) is 0 Å². The number of Topliss-reactive ketones (excluding diaryl/α,β-unsaturated/α-hetero) is 1. The number of oxime groups is 1. The van der Waals surface area contributed by atoms with Gasteiger partial charge >= 0.3 is 0 Å². The Kier molecular flexibility index (Phi) is 11.9. The Balaban J connectivity index is 1.27. The topological polar surface area (TPSA) is 146 Å². The third kappa shape index (κ3) is 9.18. The monoisotopic (exact) mass is 735 g/mol. The van der Waals surface area contributed by atoms with E-state index in [0.717, 1.165) is 50.5 Å². The number of carbonyl (C=O) groups excluding carboxylic acids is 5. The van der Waals surface area contributed by atoms with Crippen LogP contribution in [0.15, 0.2) is 53.7 Å². The second-order valence-corrected chi connectivity index (χ2v) is 15.2. The number of ketones is 1. The van der Waals surface area contributed by atoms with Crippen molar-refractivity contribution in [3.63, 3.8) is 0 Å². The van der Waals surface area contributed by atoms with Crippen LogP contribution in [-0.4, -0.2) is 76.3 Å². The lowest BCUT2D eigenvalue weighted by Crippen LogP contribution is -2.57. The second-order valence-electron chi connectivity index (χ2n) is 14.8. The van der Waals surface area contributed by atoms with Gasteiger partial charge < -0.3 is 25.7 Å². The first kappa shape index (κ1) is 37.4. The highest BCUT2D eigenvalue weighted by atomic mass is 35.5. The molecule has 1 spiro atoms. The van der Waals surface area contributed by atoms with E-state index < -0.39 is 53.0 Å². The molecular formula is C39H47ClFN5O6. The molecule has 0 unspecified atom stereocenters. The van der Waals surface area contributed by atoms with Crippen LogP contribution in [0, 0.1) is 11.7 Å². The highest BCUT2D eigenvalue weighted by molar-refractivity contribution is 6.38. The third-order valence-electron chi connectivity index (χ3n) is 10.5. The average molecular weight is 736 g/mol. The van der Waals surface area contributed by atoms with Crippen LogP contribution in [0.25, 0.3) is 0 Å². The van der Waals surface area contributed by atoms with Crippen LogP contribution in [0.3, 0.4) is 0 Å². The Hall–Kier alpha value is -4.32. The van der Waals surface area contributed by atoms with E-state index in [2.05, 4.69) is 21.1 Å². The summed E-state index contributed by atoms with van der Waals surface area (Å²) >= 11 is 6.25. The minimum absolute atomic E-state index is 0.0296. The van der Waals surface area contributed by atoms with Crippen molar-refractivity contribution in [3.05, 3.63) is 70.5 Å². The summed E-state index contributed by atoms with van der Waals surface area (Å²) in [6, 6.07) is 9.74. The standard InChI is InChI=1S/C39H47ClFN5O6/c1-2-9-30(35(48)37(50)42-28-16-17-28)44-36(49)33-22-39(21-32(45-52-39)26-13-8-14-27(40)19-26)23-46(33)38(51)31(20-25-12-6-7-15-29(25)41)43-34(47)18-24-10-4-3-5-11-24/h6-8,12-15,19,24,28,30-31,33H,2-5,9-11,16-18,20-23H2,1H3,(H,42,50)(H,43,47)(H,44,49)/t30-,31-,33-,39+/m0/s1. The molecule has 2 saturated carbocycles. The van der Waals surface area contributed by atoms with Gasteiger partial charge in [-0.2, -0.15) is 0 Å². The number of carbonyl (C=O) groups is 5. The molecule has 2 aromatic rings. The van der Waals surface area contributed by atoms with Gasteiger partial charge in [0.1, 0.15) is 17.9 Å². The largest absolute Gasteiger partial charge is 0.387 e. The van der Waals surface area contributed by atoms with Gasteiger partial charge in [0.05, 0.1) is 18.3 Å². The van der Waals surface area contributed by atoms with E-state index >= 15 is 4.39 Å². The van der Waals surface area contributed by atoms with Gasteiger partial charge in [-0.25, -0.2) is 4.39 Å². The van der Waals surface area contributed by atoms with E-state index in [1.54, 1.807) is 36.4 Å². The molecule has 1 saturated heterocycles. The Labute approximate surface area is 308 Å². The number of nitrogens with one attached hydrogen (secondary N) is 3. The minimum atomic E-state index is -1.19. The van der Waals surface area contributed by atoms with E-state index in [-0.39, 0.29) is 62.1 Å². The van der Waals surface area contributed by atoms with Crippen LogP contribution in [0.5, 0.6) is 0 Å². The first-order valence-corrected chi connectivity index (χ1v) is 18.9. The van der Waals surface area contributed by atoms with Gasteiger partial charge in [0.2, 0.25) is 23.5 Å². The summed E-state index contributed by atoms with van der Waals surface area (Å²) in [5.74, 6) is -3.33. The lowest BCUT2D eigenvalue weighted by Gasteiger charge is -2.30. The molecule has 3 fully saturated rings. The number of benzene rings is 2. The van der Waals surface area contributed by atoms with Gasteiger partial charge in [0.25, 0.3) is 5.91 Å². The van der Waals surface area contributed by atoms with Crippen LogP contribution in [0.2, 0.25) is 5.02 Å². The normalized spacial score (nSPS) is 22.6. The van der Waals surface area contributed by atoms with Crippen LogP contribution in [0.4, 0.5) is 4.39 Å². The quantitative estimate of drug-likeness (QED) is 0.238. The van der Waals surface area contributed by atoms with Crippen molar-refractivity contribution >= 4 is 46.7 Å². The number of likely N-dealkylation sites (tertiary alicyclic amines) is 1. The number of nitrogens with zero attached hydrogens (tertiary/aromatic N) is 2. The van der Waals surface area contributed by atoms with E-state index in [1.165, 1.54) is 11.0 Å². The van der Waals surface area contributed by atoms with Crippen molar-refractivity contribution in [2.45, 2.75) is 120 Å². The zero-order valence-electron chi connectivity index (χ0n) is 29.5. The first-order chi connectivity index (χ1) is 25.0. The lowest BCUT2D eigenvalue weighted by molar-refractivity contribution is -0.143. The fourth-order valence-corrected chi connectivity index (χ4v) is 7.80. The first-order valence-electron chi connectivity index (χ1n) is 18.5. The molecule has 2 aromatic carbocycles. The highest BCUT2D eigenvalue weighted by Crippen LogP contribution is 2.40. The van der Waals surface area contributed by atoms with Crippen molar-refractivity contribution in [1.82, 2.24) is 20.9 Å². The van der Waals surface area contributed by atoms with Gasteiger partial charge in [0.15, 0.2) is 5.60 Å². The van der Waals surface area contributed by atoms with Gasteiger partial charge in [-0.1, -0.05) is 79.7 Å². The molecule has 278 valence electrons. The molecule has 2 aliphatic heterocycles. The number of amides is 4. The van der Waals surface area contributed by atoms with Crippen molar-refractivity contribution in [1.29, 1.82) is 0 Å². The molecule has 11 nitrogen and oxygen atoms in total. The summed E-state index contributed by atoms with van der Waals surface area (Å²) in [6.45, 7) is 1.79. The Morgan fingerprint density at radius 3 is 2.48 bits per heavy atom.